The van der Waals surface area contributed by atoms with Crippen molar-refractivity contribution in [2.24, 2.45) is 0 Å². The molecular formula is C13H15ClFN3O. The first-order valence-electron chi connectivity index (χ1n) is 6.17. The number of rotatable bonds is 5. The Bertz CT molecular complexity index is 559. The number of benzene rings is 1. The number of hydrogen-bond donors (Lipinski definition) is 1. The number of nitrogens with one attached hydrogen (secondary N) is 1. The van der Waals surface area contributed by atoms with E-state index in [-0.39, 0.29) is 11.1 Å². The maximum Gasteiger partial charge on any atom is 0.247 e. The Balaban J connectivity index is 2.27. The van der Waals surface area contributed by atoms with Crippen LogP contribution in [0.4, 0.5) is 4.39 Å². The molecule has 0 aliphatic carbocycles. The predicted molar refractivity (Wildman–Crippen MR) is 71.4 cm³/mol. The van der Waals surface area contributed by atoms with E-state index in [1.54, 1.807) is 6.07 Å². The van der Waals surface area contributed by atoms with Gasteiger partial charge in [0.2, 0.25) is 11.8 Å². The van der Waals surface area contributed by atoms with Crippen molar-refractivity contribution in [3.63, 3.8) is 0 Å². The standard InChI is InChI=1S/C13H15ClFN3O/c1-3-11(16-4-2)13-18-17-12(19-13)8-5-6-9(14)10(15)7-8/h5-7,11,16H,3-4H2,1-2H3. The van der Waals surface area contributed by atoms with Gasteiger partial charge >= 0.3 is 0 Å². The van der Waals surface area contributed by atoms with E-state index in [0.717, 1.165) is 13.0 Å². The summed E-state index contributed by atoms with van der Waals surface area (Å²) < 4.78 is 19.0. The lowest BCUT2D eigenvalue weighted by molar-refractivity contribution is 0.402. The van der Waals surface area contributed by atoms with E-state index >= 15 is 0 Å². The molecule has 0 fully saturated rings. The van der Waals surface area contributed by atoms with Gasteiger partial charge in [0.25, 0.3) is 0 Å². The van der Waals surface area contributed by atoms with Crippen LogP contribution in [0.1, 0.15) is 32.2 Å². The van der Waals surface area contributed by atoms with Crippen molar-refractivity contribution >= 4 is 11.6 Å². The van der Waals surface area contributed by atoms with Gasteiger partial charge in [-0.05, 0) is 31.2 Å². The number of nitrogens with zero attached hydrogens (tertiary/aromatic N) is 2. The van der Waals surface area contributed by atoms with Crippen molar-refractivity contribution in [1.29, 1.82) is 0 Å². The van der Waals surface area contributed by atoms with Crippen LogP contribution < -0.4 is 5.32 Å². The Hall–Kier alpha value is -1.46. The largest absolute Gasteiger partial charge is 0.419 e. The summed E-state index contributed by atoms with van der Waals surface area (Å²) in [6.07, 6.45) is 0.838. The summed E-state index contributed by atoms with van der Waals surface area (Å²) in [4.78, 5) is 0. The van der Waals surface area contributed by atoms with Gasteiger partial charge in [-0.1, -0.05) is 25.4 Å². The molecule has 1 atom stereocenters. The lowest BCUT2D eigenvalue weighted by atomic mass is 10.2. The molecule has 1 aromatic carbocycles. The molecule has 0 bridgehead atoms. The second kappa shape index (κ2) is 6.12. The van der Waals surface area contributed by atoms with E-state index in [1.165, 1.54) is 12.1 Å². The Morgan fingerprint density at radius 1 is 1.37 bits per heavy atom. The first-order valence-corrected chi connectivity index (χ1v) is 6.55. The second-order valence-electron chi connectivity index (χ2n) is 4.09. The minimum atomic E-state index is -0.502. The SMILES string of the molecule is CCNC(CC)c1nnc(-c2ccc(Cl)c(F)c2)o1. The Labute approximate surface area is 116 Å². The monoisotopic (exact) mass is 283 g/mol. The highest BCUT2D eigenvalue weighted by Gasteiger charge is 2.17. The van der Waals surface area contributed by atoms with Crippen LogP contribution in [-0.2, 0) is 0 Å². The van der Waals surface area contributed by atoms with Gasteiger partial charge in [-0.25, -0.2) is 4.39 Å². The maximum absolute atomic E-state index is 13.4. The minimum absolute atomic E-state index is 0.0170. The molecule has 6 heteroatoms. The predicted octanol–water partition coefficient (Wildman–Crippen LogP) is 3.59. The highest BCUT2D eigenvalue weighted by molar-refractivity contribution is 6.30. The van der Waals surface area contributed by atoms with Crippen LogP contribution in [0.3, 0.4) is 0 Å². The summed E-state index contributed by atoms with van der Waals surface area (Å²) >= 11 is 5.64. The van der Waals surface area contributed by atoms with Gasteiger partial charge in [0.05, 0.1) is 11.1 Å². The third-order valence-corrected chi connectivity index (χ3v) is 3.07. The van der Waals surface area contributed by atoms with Crippen LogP contribution in [0.15, 0.2) is 22.6 Å². The summed E-state index contributed by atoms with van der Waals surface area (Å²) in [5.74, 6) is 0.300. The molecule has 4 nitrogen and oxygen atoms in total. The maximum atomic E-state index is 13.4. The third kappa shape index (κ3) is 3.11. The van der Waals surface area contributed by atoms with E-state index in [0.29, 0.717) is 17.3 Å². The molecule has 0 aliphatic rings. The smallest absolute Gasteiger partial charge is 0.247 e. The molecule has 0 aliphatic heterocycles. The molecule has 102 valence electrons. The van der Waals surface area contributed by atoms with Gasteiger partial charge in [-0.15, -0.1) is 10.2 Å². The zero-order chi connectivity index (χ0) is 13.8. The average molecular weight is 284 g/mol. The van der Waals surface area contributed by atoms with Crippen molar-refractivity contribution in [3.8, 4) is 11.5 Å². The topological polar surface area (TPSA) is 51.0 Å². The molecule has 0 radical (unpaired) electrons. The lowest BCUT2D eigenvalue weighted by Crippen LogP contribution is -2.20. The fourth-order valence-electron chi connectivity index (χ4n) is 1.77. The second-order valence-corrected chi connectivity index (χ2v) is 4.50. The summed E-state index contributed by atoms with van der Waals surface area (Å²) in [6.45, 7) is 4.85. The zero-order valence-electron chi connectivity index (χ0n) is 10.8. The fourth-order valence-corrected chi connectivity index (χ4v) is 1.89. The van der Waals surface area contributed by atoms with Crippen LogP contribution in [0, 0.1) is 5.82 Å². The van der Waals surface area contributed by atoms with Crippen molar-refractivity contribution in [2.75, 3.05) is 6.54 Å². The molecule has 1 aromatic heterocycles. The molecule has 1 heterocycles. The molecule has 0 saturated carbocycles. The minimum Gasteiger partial charge on any atom is -0.419 e. The van der Waals surface area contributed by atoms with Crippen molar-refractivity contribution < 1.29 is 8.81 Å². The number of halogens is 2. The molecule has 19 heavy (non-hydrogen) atoms. The van der Waals surface area contributed by atoms with Crippen LogP contribution in [0.5, 0.6) is 0 Å². The van der Waals surface area contributed by atoms with Gasteiger partial charge in [0.15, 0.2) is 0 Å². The normalized spacial score (nSPS) is 12.6. The van der Waals surface area contributed by atoms with Crippen molar-refractivity contribution in [2.45, 2.75) is 26.3 Å². The number of aromatic nitrogens is 2. The van der Waals surface area contributed by atoms with Gasteiger partial charge in [-0.3, -0.25) is 0 Å². The molecular weight excluding hydrogens is 269 g/mol. The Morgan fingerprint density at radius 3 is 2.79 bits per heavy atom. The average Bonchev–Trinajstić information content (AvgIpc) is 2.88. The molecule has 1 unspecified atom stereocenters. The van der Waals surface area contributed by atoms with E-state index < -0.39 is 5.82 Å². The van der Waals surface area contributed by atoms with Gasteiger partial charge in [0, 0.05) is 5.56 Å². The quantitative estimate of drug-likeness (QED) is 0.911. The molecule has 0 saturated heterocycles. The fraction of sp³-hybridized carbons (Fsp3) is 0.385. The van der Waals surface area contributed by atoms with Gasteiger partial charge in [0.1, 0.15) is 5.82 Å². The van der Waals surface area contributed by atoms with Crippen LogP contribution >= 0.6 is 11.6 Å². The highest BCUT2D eigenvalue weighted by Crippen LogP contribution is 2.25. The Kier molecular flexibility index (Phi) is 4.50. The van der Waals surface area contributed by atoms with E-state index in [9.17, 15) is 4.39 Å². The third-order valence-electron chi connectivity index (χ3n) is 2.76. The zero-order valence-corrected chi connectivity index (χ0v) is 11.5. The van der Waals surface area contributed by atoms with Crippen LogP contribution in [0.25, 0.3) is 11.5 Å². The number of hydrogen-bond acceptors (Lipinski definition) is 4. The molecule has 1 N–H and O–H groups in total. The molecule has 2 aromatic rings. The summed E-state index contributed by atoms with van der Waals surface area (Å²) in [5, 5.41) is 11.3. The molecule has 0 amide bonds. The Morgan fingerprint density at radius 2 is 2.16 bits per heavy atom. The highest BCUT2D eigenvalue weighted by atomic mass is 35.5. The summed E-state index contributed by atoms with van der Waals surface area (Å²) in [6, 6.07) is 4.42. The van der Waals surface area contributed by atoms with Crippen molar-refractivity contribution in [1.82, 2.24) is 15.5 Å². The molecule has 0 spiro atoms. The summed E-state index contributed by atoms with van der Waals surface area (Å²) in [7, 11) is 0. The first-order chi connectivity index (χ1) is 9.15. The van der Waals surface area contributed by atoms with Crippen LogP contribution in [0.2, 0.25) is 5.02 Å². The molecule has 2 rings (SSSR count). The van der Waals surface area contributed by atoms with Crippen LogP contribution in [-0.4, -0.2) is 16.7 Å². The van der Waals surface area contributed by atoms with E-state index in [4.69, 9.17) is 16.0 Å². The first kappa shape index (κ1) is 14.0. The van der Waals surface area contributed by atoms with E-state index in [2.05, 4.69) is 15.5 Å². The van der Waals surface area contributed by atoms with Gasteiger partial charge in [-0.2, -0.15) is 0 Å². The lowest BCUT2D eigenvalue weighted by Gasteiger charge is -2.10. The van der Waals surface area contributed by atoms with Gasteiger partial charge < -0.3 is 9.73 Å². The summed E-state index contributed by atoms with van der Waals surface area (Å²) in [5.41, 5.74) is 0.520. The van der Waals surface area contributed by atoms with E-state index in [1.807, 2.05) is 13.8 Å². The van der Waals surface area contributed by atoms with Crippen molar-refractivity contribution in [3.05, 3.63) is 34.9 Å².